The number of hydrogen-bond donors (Lipinski definition) is 2. The number of benzene rings is 2. The molecule has 19 heavy (non-hydrogen) atoms. The van der Waals surface area contributed by atoms with Gasteiger partial charge in [-0.05, 0) is 23.7 Å². The lowest BCUT2D eigenvalue weighted by molar-refractivity contribution is -0.114. The Morgan fingerprint density at radius 2 is 1.63 bits per heavy atom. The van der Waals surface area contributed by atoms with E-state index < -0.39 is 5.24 Å². The van der Waals surface area contributed by atoms with Crippen LogP contribution in [0.2, 0.25) is 0 Å². The van der Waals surface area contributed by atoms with E-state index >= 15 is 0 Å². The van der Waals surface area contributed by atoms with Crippen LogP contribution in [-0.4, -0.2) is 17.7 Å². The second-order valence-electron chi connectivity index (χ2n) is 4.10. The summed E-state index contributed by atoms with van der Waals surface area (Å²) < 4.78 is 0. The van der Waals surface area contributed by atoms with Crippen LogP contribution >= 0.6 is 11.6 Å². The van der Waals surface area contributed by atoms with Crippen LogP contribution in [0.15, 0.2) is 36.4 Å². The minimum absolute atomic E-state index is 0.0605. The van der Waals surface area contributed by atoms with Gasteiger partial charge in [0.15, 0.2) is 0 Å². The van der Waals surface area contributed by atoms with Gasteiger partial charge in [0.2, 0.25) is 11.1 Å². The molecule has 0 aliphatic rings. The maximum Gasteiger partial charge on any atom is 0.240 e. The predicted octanol–water partition coefficient (Wildman–Crippen LogP) is 2.98. The Kier molecular flexibility index (Phi) is 4.02. The molecule has 0 saturated heterocycles. The Balaban J connectivity index is 2.45. The van der Waals surface area contributed by atoms with Crippen molar-refractivity contribution in [2.45, 2.75) is 6.92 Å². The van der Waals surface area contributed by atoms with Gasteiger partial charge in [0.25, 0.3) is 0 Å². The van der Waals surface area contributed by atoms with Gasteiger partial charge >= 0.3 is 0 Å². The van der Waals surface area contributed by atoms with E-state index in [-0.39, 0.29) is 12.5 Å². The van der Waals surface area contributed by atoms with Crippen LogP contribution in [0, 0.1) is 0 Å². The molecule has 0 aliphatic heterocycles. The SMILES string of the molecule is CC(=O)Nc1ccc(NCC(=O)Cl)c2ccccc12. The number of anilines is 2. The van der Waals surface area contributed by atoms with Gasteiger partial charge in [0, 0.05) is 29.1 Å². The summed E-state index contributed by atoms with van der Waals surface area (Å²) in [5.41, 5.74) is 1.55. The molecular weight excluding hydrogens is 264 g/mol. The highest BCUT2D eigenvalue weighted by molar-refractivity contribution is 6.64. The summed E-state index contributed by atoms with van der Waals surface area (Å²) in [4.78, 5) is 22.0. The lowest BCUT2D eigenvalue weighted by Gasteiger charge is -2.12. The first kappa shape index (κ1) is 13.4. The number of fused-ring (bicyclic) bond motifs is 1. The molecule has 0 aromatic heterocycles. The summed E-state index contributed by atoms with van der Waals surface area (Å²) in [6.07, 6.45) is 0. The molecule has 2 aromatic rings. The number of halogens is 1. The van der Waals surface area contributed by atoms with E-state index in [1.807, 2.05) is 30.3 Å². The standard InChI is InChI=1S/C14H13ClN2O2/c1-9(18)17-13-7-6-12(16-8-14(15)19)10-4-2-3-5-11(10)13/h2-7,16H,8H2,1H3,(H,17,18). The molecule has 0 aliphatic carbocycles. The second-order valence-corrected chi connectivity index (χ2v) is 4.52. The minimum atomic E-state index is -0.449. The molecule has 0 bridgehead atoms. The molecule has 2 rings (SSSR count). The van der Waals surface area contributed by atoms with Gasteiger partial charge in [0.05, 0.1) is 6.54 Å². The smallest absolute Gasteiger partial charge is 0.240 e. The average Bonchev–Trinajstić information content (AvgIpc) is 2.37. The van der Waals surface area contributed by atoms with Crippen molar-refractivity contribution in [3.63, 3.8) is 0 Å². The molecule has 0 fully saturated rings. The Labute approximate surface area is 115 Å². The van der Waals surface area contributed by atoms with Crippen LogP contribution in [0.4, 0.5) is 11.4 Å². The Hall–Kier alpha value is -2.07. The van der Waals surface area contributed by atoms with Gasteiger partial charge in [-0.2, -0.15) is 0 Å². The topological polar surface area (TPSA) is 58.2 Å². The first-order chi connectivity index (χ1) is 9.08. The van der Waals surface area contributed by atoms with Gasteiger partial charge in [-0.3, -0.25) is 9.59 Å². The summed E-state index contributed by atoms with van der Waals surface area (Å²) in [7, 11) is 0. The number of carbonyl (C=O) groups is 2. The number of carbonyl (C=O) groups excluding carboxylic acids is 2. The zero-order valence-electron chi connectivity index (χ0n) is 10.4. The van der Waals surface area contributed by atoms with E-state index in [9.17, 15) is 9.59 Å². The lowest BCUT2D eigenvalue weighted by Crippen LogP contribution is -2.09. The fourth-order valence-corrected chi connectivity index (χ4v) is 1.98. The largest absolute Gasteiger partial charge is 0.376 e. The highest BCUT2D eigenvalue weighted by Gasteiger charge is 2.07. The number of nitrogens with one attached hydrogen (secondary N) is 2. The van der Waals surface area contributed by atoms with Crippen molar-refractivity contribution in [3.05, 3.63) is 36.4 Å². The number of amides is 1. The molecule has 0 radical (unpaired) electrons. The van der Waals surface area contributed by atoms with Crippen LogP contribution < -0.4 is 10.6 Å². The van der Waals surface area contributed by atoms with E-state index in [4.69, 9.17) is 11.6 Å². The van der Waals surface area contributed by atoms with Crippen molar-refractivity contribution in [1.29, 1.82) is 0 Å². The minimum Gasteiger partial charge on any atom is -0.376 e. The summed E-state index contributed by atoms with van der Waals surface area (Å²) in [5.74, 6) is -0.123. The van der Waals surface area contributed by atoms with Crippen LogP contribution in [0.3, 0.4) is 0 Å². The van der Waals surface area contributed by atoms with E-state index in [0.29, 0.717) is 0 Å². The molecular formula is C14H13ClN2O2. The maximum absolute atomic E-state index is 11.2. The van der Waals surface area contributed by atoms with Crippen LogP contribution in [0.25, 0.3) is 10.8 Å². The predicted molar refractivity (Wildman–Crippen MR) is 77.6 cm³/mol. The number of hydrogen-bond acceptors (Lipinski definition) is 3. The lowest BCUT2D eigenvalue weighted by atomic mass is 10.1. The molecule has 2 aromatic carbocycles. The molecule has 0 atom stereocenters. The third-order valence-electron chi connectivity index (χ3n) is 2.65. The van der Waals surface area contributed by atoms with Gasteiger partial charge in [-0.25, -0.2) is 0 Å². The third-order valence-corrected chi connectivity index (χ3v) is 2.79. The van der Waals surface area contributed by atoms with Gasteiger partial charge in [-0.15, -0.1) is 0 Å². The van der Waals surface area contributed by atoms with Crippen molar-refractivity contribution in [2.24, 2.45) is 0 Å². The quantitative estimate of drug-likeness (QED) is 0.844. The summed E-state index contributed by atoms with van der Waals surface area (Å²) in [5, 5.41) is 7.13. The van der Waals surface area contributed by atoms with Gasteiger partial charge in [0.1, 0.15) is 0 Å². The zero-order chi connectivity index (χ0) is 13.8. The Bertz CT molecular complexity index is 640. The molecule has 4 nitrogen and oxygen atoms in total. The molecule has 5 heteroatoms. The van der Waals surface area contributed by atoms with E-state index in [1.165, 1.54) is 6.92 Å². The van der Waals surface area contributed by atoms with Gasteiger partial charge < -0.3 is 10.6 Å². The molecule has 1 amide bonds. The molecule has 98 valence electrons. The Morgan fingerprint density at radius 3 is 2.21 bits per heavy atom. The number of rotatable bonds is 4. The average molecular weight is 277 g/mol. The van der Waals surface area contributed by atoms with Crippen molar-refractivity contribution in [2.75, 3.05) is 17.2 Å². The zero-order valence-corrected chi connectivity index (χ0v) is 11.1. The second kappa shape index (κ2) is 5.71. The van der Waals surface area contributed by atoms with Crippen molar-refractivity contribution < 1.29 is 9.59 Å². The molecule has 0 unspecified atom stereocenters. The summed E-state index contributed by atoms with van der Waals surface area (Å²) in [6, 6.07) is 11.2. The van der Waals surface area contributed by atoms with Crippen LogP contribution in [0.5, 0.6) is 0 Å². The third kappa shape index (κ3) is 3.23. The molecule has 0 spiro atoms. The normalized spacial score (nSPS) is 10.2. The van der Waals surface area contributed by atoms with Crippen molar-refractivity contribution in [1.82, 2.24) is 0 Å². The fourth-order valence-electron chi connectivity index (χ4n) is 1.92. The Morgan fingerprint density at radius 1 is 1.05 bits per heavy atom. The highest BCUT2D eigenvalue weighted by Crippen LogP contribution is 2.29. The maximum atomic E-state index is 11.2. The van der Waals surface area contributed by atoms with Crippen LogP contribution in [0.1, 0.15) is 6.92 Å². The first-order valence-electron chi connectivity index (χ1n) is 5.79. The molecule has 0 heterocycles. The molecule has 0 saturated carbocycles. The van der Waals surface area contributed by atoms with E-state index in [2.05, 4.69) is 10.6 Å². The van der Waals surface area contributed by atoms with E-state index in [0.717, 1.165) is 22.1 Å². The van der Waals surface area contributed by atoms with Crippen LogP contribution in [-0.2, 0) is 9.59 Å². The van der Waals surface area contributed by atoms with Gasteiger partial charge in [-0.1, -0.05) is 24.3 Å². The monoisotopic (exact) mass is 276 g/mol. The van der Waals surface area contributed by atoms with Crippen molar-refractivity contribution in [3.8, 4) is 0 Å². The fraction of sp³-hybridized carbons (Fsp3) is 0.143. The highest BCUT2D eigenvalue weighted by atomic mass is 35.5. The molecule has 2 N–H and O–H groups in total. The van der Waals surface area contributed by atoms with Crippen molar-refractivity contribution >= 4 is 44.9 Å². The van der Waals surface area contributed by atoms with E-state index in [1.54, 1.807) is 6.07 Å². The first-order valence-corrected chi connectivity index (χ1v) is 6.17. The summed E-state index contributed by atoms with van der Waals surface area (Å²) >= 11 is 5.32. The summed E-state index contributed by atoms with van der Waals surface area (Å²) in [6.45, 7) is 1.53.